The molecule has 2 aromatic carbocycles. The number of hydrogen-bond donors (Lipinski definition) is 2. The minimum Gasteiger partial charge on any atom is -0.506 e. The molecule has 2 aromatic rings. The molecule has 1 fully saturated rings. The molecule has 2 heterocycles. The van der Waals surface area contributed by atoms with Gasteiger partial charge in [0.15, 0.2) is 11.5 Å². The largest absolute Gasteiger partial charge is 0.506 e. The van der Waals surface area contributed by atoms with Crippen LogP contribution in [0.5, 0.6) is 17.2 Å². The monoisotopic (exact) mass is 464 g/mol. The molecule has 4 rings (SSSR count). The number of hydrogen-bond acceptors (Lipinski definition) is 6. The van der Waals surface area contributed by atoms with E-state index in [1.807, 2.05) is 0 Å². The number of carbonyl (C=O) groups excluding carboxylic acids is 3. The molecular weight excluding hydrogens is 456 g/mol. The van der Waals surface area contributed by atoms with E-state index in [4.69, 9.17) is 21.1 Å². The zero-order chi connectivity index (χ0) is 20.0. The van der Waals surface area contributed by atoms with Gasteiger partial charge in [-0.2, -0.15) is 0 Å². The van der Waals surface area contributed by atoms with E-state index in [1.54, 1.807) is 6.07 Å². The maximum Gasteiger partial charge on any atom is 0.335 e. The van der Waals surface area contributed by atoms with Crippen molar-refractivity contribution in [1.29, 1.82) is 0 Å². The molecule has 2 aliphatic heterocycles. The van der Waals surface area contributed by atoms with Crippen LogP contribution in [0.15, 0.2) is 40.4 Å². The number of urea groups is 1. The minimum absolute atomic E-state index is 0.0332. The third kappa shape index (κ3) is 3.08. The molecule has 0 aliphatic carbocycles. The smallest absolute Gasteiger partial charge is 0.335 e. The predicted molar refractivity (Wildman–Crippen MR) is 102 cm³/mol. The van der Waals surface area contributed by atoms with Crippen LogP contribution in [0.25, 0.3) is 6.08 Å². The zero-order valence-electron chi connectivity index (χ0n) is 13.9. The van der Waals surface area contributed by atoms with Gasteiger partial charge in [0.2, 0.25) is 6.79 Å². The number of imide groups is 2. The Morgan fingerprint density at radius 2 is 1.89 bits per heavy atom. The number of fused-ring (bicyclic) bond motifs is 1. The molecule has 0 bridgehead atoms. The molecule has 2 aliphatic rings. The highest BCUT2D eigenvalue weighted by Crippen LogP contribution is 2.37. The van der Waals surface area contributed by atoms with Gasteiger partial charge in [-0.25, -0.2) is 9.69 Å². The third-order valence-electron chi connectivity index (χ3n) is 4.07. The minimum atomic E-state index is -0.900. The number of rotatable bonds is 2. The topological polar surface area (TPSA) is 105 Å². The zero-order valence-corrected chi connectivity index (χ0v) is 16.2. The number of nitrogens with zero attached hydrogens (tertiary/aromatic N) is 1. The van der Waals surface area contributed by atoms with Crippen LogP contribution in [0.3, 0.4) is 0 Å². The van der Waals surface area contributed by atoms with Crippen molar-refractivity contribution >= 4 is 57.1 Å². The number of ether oxygens (including phenoxy) is 2. The lowest BCUT2D eigenvalue weighted by Gasteiger charge is -2.26. The van der Waals surface area contributed by atoms with Crippen molar-refractivity contribution < 1.29 is 29.0 Å². The maximum absolute atomic E-state index is 12.9. The molecule has 1 saturated heterocycles. The van der Waals surface area contributed by atoms with Crippen molar-refractivity contribution in [3.8, 4) is 17.2 Å². The average Bonchev–Trinajstić information content (AvgIpc) is 3.10. The van der Waals surface area contributed by atoms with Crippen LogP contribution >= 0.6 is 27.5 Å². The summed E-state index contributed by atoms with van der Waals surface area (Å²) in [5, 5.41) is 12.3. The highest BCUT2D eigenvalue weighted by molar-refractivity contribution is 9.10. The van der Waals surface area contributed by atoms with E-state index >= 15 is 0 Å². The van der Waals surface area contributed by atoms with Crippen molar-refractivity contribution in [3.63, 3.8) is 0 Å². The van der Waals surface area contributed by atoms with Crippen molar-refractivity contribution in [2.24, 2.45) is 0 Å². The first-order valence-electron chi connectivity index (χ1n) is 7.84. The fourth-order valence-corrected chi connectivity index (χ4v) is 3.60. The van der Waals surface area contributed by atoms with Gasteiger partial charge < -0.3 is 14.6 Å². The second kappa shape index (κ2) is 6.84. The van der Waals surface area contributed by atoms with Gasteiger partial charge in [-0.1, -0.05) is 27.5 Å². The number of aromatic hydroxyl groups is 1. The highest BCUT2D eigenvalue weighted by Gasteiger charge is 2.37. The Hall–Kier alpha value is -3.04. The van der Waals surface area contributed by atoms with Crippen LogP contribution in [0, 0.1) is 0 Å². The number of halogens is 2. The van der Waals surface area contributed by atoms with Crippen molar-refractivity contribution in [2.45, 2.75) is 0 Å². The Bertz CT molecular complexity index is 1080. The molecule has 0 unspecified atom stereocenters. The lowest BCUT2D eigenvalue weighted by Crippen LogP contribution is -2.54. The van der Waals surface area contributed by atoms with E-state index in [1.165, 1.54) is 24.3 Å². The number of phenolic OH excluding ortho intramolecular Hbond substituents is 1. The van der Waals surface area contributed by atoms with Crippen LogP contribution in [-0.2, 0) is 9.59 Å². The third-order valence-corrected chi connectivity index (χ3v) is 4.82. The van der Waals surface area contributed by atoms with Gasteiger partial charge in [-0.15, -0.1) is 0 Å². The summed E-state index contributed by atoms with van der Waals surface area (Å²) in [6.07, 6.45) is 1.16. The van der Waals surface area contributed by atoms with E-state index in [9.17, 15) is 19.5 Å². The number of carbonyl (C=O) groups is 3. The van der Waals surface area contributed by atoms with Gasteiger partial charge in [-0.3, -0.25) is 14.9 Å². The second-order valence-electron chi connectivity index (χ2n) is 5.82. The van der Waals surface area contributed by atoms with E-state index < -0.39 is 17.8 Å². The Morgan fingerprint density at radius 3 is 2.68 bits per heavy atom. The second-order valence-corrected chi connectivity index (χ2v) is 7.14. The van der Waals surface area contributed by atoms with Gasteiger partial charge in [0.25, 0.3) is 11.8 Å². The Balaban J connectivity index is 1.77. The Morgan fingerprint density at radius 1 is 1.14 bits per heavy atom. The Labute approximate surface area is 171 Å². The van der Waals surface area contributed by atoms with E-state index in [2.05, 4.69) is 21.2 Å². The summed E-state index contributed by atoms with van der Waals surface area (Å²) in [7, 11) is 0. The number of nitrogens with one attached hydrogen (secondary N) is 1. The number of anilines is 1. The molecular formula is C18H10BrClN2O6. The fourth-order valence-electron chi connectivity index (χ4n) is 2.77. The molecule has 0 saturated carbocycles. The molecule has 2 N–H and O–H groups in total. The molecule has 0 atom stereocenters. The summed E-state index contributed by atoms with van der Waals surface area (Å²) in [5.74, 6) is -1.19. The molecule has 0 spiro atoms. The normalized spacial score (nSPS) is 17.3. The van der Waals surface area contributed by atoms with Crippen molar-refractivity contribution in [2.75, 3.05) is 11.7 Å². The fraction of sp³-hybridized carbons (Fsp3) is 0.0556. The highest BCUT2D eigenvalue weighted by atomic mass is 79.9. The van der Waals surface area contributed by atoms with Crippen LogP contribution in [0.2, 0.25) is 5.02 Å². The van der Waals surface area contributed by atoms with Crippen LogP contribution in [0.4, 0.5) is 10.5 Å². The van der Waals surface area contributed by atoms with Crippen LogP contribution in [0.1, 0.15) is 5.56 Å². The number of phenols is 1. The van der Waals surface area contributed by atoms with Gasteiger partial charge >= 0.3 is 6.03 Å². The molecule has 0 aromatic heterocycles. The van der Waals surface area contributed by atoms with Crippen LogP contribution in [-0.4, -0.2) is 29.7 Å². The van der Waals surface area contributed by atoms with Crippen molar-refractivity contribution in [3.05, 3.63) is 51.0 Å². The summed E-state index contributed by atoms with van der Waals surface area (Å²) in [6, 6.07) is 6.55. The summed E-state index contributed by atoms with van der Waals surface area (Å²) < 4.78 is 11.0. The van der Waals surface area contributed by atoms with Crippen LogP contribution < -0.4 is 19.7 Å². The average molecular weight is 466 g/mol. The standard InChI is InChI=1S/C18H10BrClN2O6/c19-9-3-8(15(23)12(20)5-9)4-11-16(24)21-18(26)22(17(11)25)10-1-2-13-14(6-10)28-7-27-13/h1-6,23H,7H2,(H,21,24,26)/b11-4-. The molecule has 28 heavy (non-hydrogen) atoms. The Kier molecular flexibility index (Phi) is 4.48. The molecule has 4 amide bonds. The SMILES string of the molecule is O=C1NC(=O)N(c2ccc3c(c2)OCO3)C(=O)/C1=C\c1cc(Br)cc(Cl)c1O. The first-order chi connectivity index (χ1) is 13.3. The summed E-state index contributed by atoms with van der Waals surface area (Å²) >= 11 is 9.15. The van der Waals surface area contributed by atoms with Crippen molar-refractivity contribution in [1.82, 2.24) is 5.32 Å². The first-order valence-corrected chi connectivity index (χ1v) is 9.01. The maximum atomic E-state index is 12.9. The van der Waals surface area contributed by atoms with E-state index in [0.717, 1.165) is 11.0 Å². The lowest BCUT2D eigenvalue weighted by molar-refractivity contribution is -0.122. The van der Waals surface area contributed by atoms with Gasteiger partial charge in [0.1, 0.15) is 11.3 Å². The predicted octanol–water partition coefficient (Wildman–Crippen LogP) is 3.20. The summed E-state index contributed by atoms with van der Waals surface area (Å²) in [4.78, 5) is 38.2. The van der Waals surface area contributed by atoms with Gasteiger partial charge in [0, 0.05) is 16.1 Å². The summed E-state index contributed by atoms with van der Waals surface area (Å²) in [5.41, 5.74) is -0.0127. The van der Waals surface area contributed by atoms with Gasteiger partial charge in [0.05, 0.1) is 10.7 Å². The number of amides is 4. The quantitative estimate of drug-likeness (QED) is 0.521. The molecule has 10 heteroatoms. The van der Waals surface area contributed by atoms with Gasteiger partial charge in [-0.05, 0) is 30.3 Å². The lowest BCUT2D eigenvalue weighted by atomic mass is 10.1. The van der Waals surface area contributed by atoms with E-state index in [0.29, 0.717) is 16.0 Å². The number of benzene rings is 2. The van der Waals surface area contributed by atoms with E-state index in [-0.39, 0.29) is 34.4 Å². The number of barbiturate groups is 1. The summed E-state index contributed by atoms with van der Waals surface area (Å²) in [6.45, 7) is 0.0332. The molecule has 0 radical (unpaired) electrons. The molecule has 8 nitrogen and oxygen atoms in total. The molecule has 142 valence electrons. The first kappa shape index (κ1) is 18.3.